The molecule has 0 atom stereocenters. The number of imide groups is 2. The number of allylic oxidation sites excluding steroid dienone is 1. The quantitative estimate of drug-likeness (QED) is 0.196. The van der Waals surface area contributed by atoms with E-state index < -0.39 is 17.8 Å². The van der Waals surface area contributed by atoms with Crippen LogP contribution in [0.5, 0.6) is 11.5 Å². The third kappa shape index (κ3) is 6.08. The van der Waals surface area contributed by atoms with Crippen molar-refractivity contribution in [1.29, 1.82) is 5.26 Å². The van der Waals surface area contributed by atoms with Crippen molar-refractivity contribution in [3.8, 4) is 17.6 Å². The van der Waals surface area contributed by atoms with Crippen molar-refractivity contribution in [3.63, 3.8) is 0 Å². The molecule has 1 fully saturated rings. The molecular formula is C30H24BrN3O5. The molecule has 1 saturated heterocycles. The Hall–Kier alpha value is -4.68. The lowest BCUT2D eigenvalue weighted by molar-refractivity contribution is -0.122. The van der Waals surface area contributed by atoms with Gasteiger partial charge in [-0.3, -0.25) is 14.9 Å². The maximum atomic E-state index is 13.3. The van der Waals surface area contributed by atoms with Gasteiger partial charge in [-0.25, -0.2) is 9.69 Å². The first-order valence-corrected chi connectivity index (χ1v) is 12.8. The molecule has 196 valence electrons. The lowest BCUT2D eigenvalue weighted by Gasteiger charge is -2.26. The highest BCUT2D eigenvalue weighted by molar-refractivity contribution is 9.10. The highest BCUT2D eigenvalue weighted by atomic mass is 79.9. The summed E-state index contributed by atoms with van der Waals surface area (Å²) < 4.78 is 12.8. The zero-order chi connectivity index (χ0) is 27.9. The van der Waals surface area contributed by atoms with Crippen molar-refractivity contribution in [3.05, 3.63) is 106 Å². The number of urea groups is 1. The van der Waals surface area contributed by atoms with Crippen LogP contribution in [0, 0.1) is 11.3 Å². The highest BCUT2D eigenvalue weighted by Gasteiger charge is 2.36. The SMILES string of the molecule is C=CCc1cc(/C=C2\C(=O)NC(=O)N(c3ccc(Br)cc3)C2=O)cc(OCC)c1OCc1ccccc1C#N. The van der Waals surface area contributed by atoms with Crippen LogP contribution < -0.4 is 19.7 Å². The lowest BCUT2D eigenvalue weighted by Crippen LogP contribution is -2.54. The number of hydrogen-bond acceptors (Lipinski definition) is 6. The van der Waals surface area contributed by atoms with E-state index in [2.05, 4.69) is 33.9 Å². The fraction of sp³-hybridized carbons (Fsp3) is 0.133. The van der Waals surface area contributed by atoms with E-state index in [1.165, 1.54) is 6.08 Å². The molecule has 0 saturated carbocycles. The number of carbonyl (C=O) groups excluding carboxylic acids is 3. The largest absolute Gasteiger partial charge is 0.490 e. The maximum absolute atomic E-state index is 13.3. The van der Waals surface area contributed by atoms with E-state index in [1.54, 1.807) is 54.6 Å². The molecule has 1 aliphatic rings. The Kier molecular flexibility index (Phi) is 8.59. The van der Waals surface area contributed by atoms with E-state index in [9.17, 15) is 19.6 Å². The third-order valence-electron chi connectivity index (χ3n) is 5.83. The molecule has 4 rings (SSSR count). The average Bonchev–Trinajstić information content (AvgIpc) is 2.92. The summed E-state index contributed by atoms with van der Waals surface area (Å²) in [6.45, 7) is 6.13. The highest BCUT2D eigenvalue weighted by Crippen LogP contribution is 2.36. The number of nitriles is 1. The van der Waals surface area contributed by atoms with Crippen LogP contribution in [-0.4, -0.2) is 24.5 Å². The molecule has 3 aromatic rings. The van der Waals surface area contributed by atoms with E-state index in [1.807, 2.05) is 19.1 Å². The first-order chi connectivity index (χ1) is 18.9. The fourth-order valence-corrected chi connectivity index (χ4v) is 4.32. The molecule has 1 heterocycles. The van der Waals surface area contributed by atoms with Crippen molar-refractivity contribution in [1.82, 2.24) is 5.32 Å². The van der Waals surface area contributed by atoms with Crippen LogP contribution in [0.2, 0.25) is 0 Å². The molecule has 4 amide bonds. The van der Waals surface area contributed by atoms with Crippen LogP contribution in [-0.2, 0) is 22.6 Å². The normalized spacial score (nSPS) is 14.1. The van der Waals surface area contributed by atoms with Gasteiger partial charge in [-0.1, -0.05) is 40.2 Å². The maximum Gasteiger partial charge on any atom is 0.335 e. The summed E-state index contributed by atoms with van der Waals surface area (Å²) in [5.74, 6) is -0.668. The number of amides is 4. The third-order valence-corrected chi connectivity index (χ3v) is 6.35. The van der Waals surface area contributed by atoms with Gasteiger partial charge in [0.1, 0.15) is 12.2 Å². The predicted molar refractivity (Wildman–Crippen MR) is 150 cm³/mol. The summed E-state index contributed by atoms with van der Waals surface area (Å²) >= 11 is 3.33. The van der Waals surface area contributed by atoms with Crippen LogP contribution >= 0.6 is 15.9 Å². The predicted octanol–water partition coefficient (Wildman–Crippen LogP) is 5.69. The Bertz CT molecular complexity index is 1520. The molecule has 0 radical (unpaired) electrons. The van der Waals surface area contributed by atoms with Crippen molar-refractivity contribution in [2.24, 2.45) is 0 Å². The Morgan fingerprint density at radius 2 is 1.79 bits per heavy atom. The number of benzene rings is 3. The molecule has 1 aliphatic heterocycles. The second-order valence-corrected chi connectivity index (χ2v) is 9.34. The molecule has 1 N–H and O–H groups in total. The number of ether oxygens (including phenoxy) is 2. The lowest BCUT2D eigenvalue weighted by atomic mass is 10.0. The summed E-state index contributed by atoms with van der Waals surface area (Å²) in [5.41, 5.74) is 2.56. The second-order valence-electron chi connectivity index (χ2n) is 8.42. The van der Waals surface area contributed by atoms with Crippen LogP contribution in [0.4, 0.5) is 10.5 Å². The first kappa shape index (κ1) is 27.4. The minimum Gasteiger partial charge on any atom is -0.490 e. The summed E-state index contributed by atoms with van der Waals surface area (Å²) in [6.07, 6.45) is 3.53. The van der Waals surface area contributed by atoms with Crippen molar-refractivity contribution in [2.75, 3.05) is 11.5 Å². The topological polar surface area (TPSA) is 109 Å². The molecule has 0 aromatic heterocycles. The Labute approximate surface area is 234 Å². The fourth-order valence-electron chi connectivity index (χ4n) is 4.05. The number of carbonyl (C=O) groups is 3. The zero-order valence-corrected chi connectivity index (χ0v) is 22.7. The summed E-state index contributed by atoms with van der Waals surface area (Å²) in [7, 11) is 0. The number of anilines is 1. The van der Waals surface area contributed by atoms with E-state index in [-0.39, 0.29) is 12.2 Å². The molecular weight excluding hydrogens is 562 g/mol. The molecule has 39 heavy (non-hydrogen) atoms. The van der Waals surface area contributed by atoms with Gasteiger partial charge in [0.05, 0.1) is 23.9 Å². The van der Waals surface area contributed by atoms with Crippen LogP contribution in [0.25, 0.3) is 6.08 Å². The van der Waals surface area contributed by atoms with Gasteiger partial charge in [0.2, 0.25) is 0 Å². The number of nitrogens with one attached hydrogen (secondary N) is 1. The van der Waals surface area contributed by atoms with Gasteiger partial charge >= 0.3 is 6.03 Å². The average molecular weight is 586 g/mol. The van der Waals surface area contributed by atoms with Gasteiger partial charge in [0, 0.05) is 15.6 Å². The number of halogens is 1. The molecule has 3 aromatic carbocycles. The summed E-state index contributed by atoms with van der Waals surface area (Å²) in [4.78, 5) is 39.5. The van der Waals surface area contributed by atoms with Gasteiger partial charge in [0.15, 0.2) is 11.5 Å². The number of hydrogen-bond donors (Lipinski definition) is 1. The van der Waals surface area contributed by atoms with E-state index in [0.29, 0.717) is 46.9 Å². The Balaban J connectivity index is 1.73. The summed E-state index contributed by atoms with van der Waals surface area (Å²) in [5, 5.41) is 11.6. The molecule has 0 bridgehead atoms. The van der Waals surface area contributed by atoms with Gasteiger partial charge in [-0.15, -0.1) is 6.58 Å². The van der Waals surface area contributed by atoms with Crippen molar-refractivity contribution < 1.29 is 23.9 Å². The van der Waals surface area contributed by atoms with Crippen molar-refractivity contribution in [2.45, 2.75) is 20.0 Å². The van der Waals surface area contributed by atoms with E-state index in [0.717, 1.165) is 14.9 Å². The molecule has 0 aliphatic carbocycles. The Morgan fingerprint density at radius 1 is 1.05 bits per heavy atom. The smallest absolute Gasteiger partial charge is 0.335 e. The first-order valence-electron chi connectivity index (χ1n) is 12.0. The number of barbiturate groups is 1. The van der Waals surface area contributed by atoms with E-state index >= 15 is 0 Å². The molecule has 0 spiro atoms. The minimum absolute atomic E-state index is 0.138. The zero-order valence-electron chi connectivity index (χ0n) is 21.1. The van der Waals surface area contributed by atoms with E-state index in [4.69, 9.17) is 9.47 Å². The number of rotatable bonds is 9. The van der Waals surface area contributed by atoms with Gasteiger partial charge in [0.25, 0.3) is 11.8 Å². The van der Waals surface area contributed by atoms with Gasteiger partial charge in [-0.2, -0.15) is 5.26 Å². The van der Waals surface area contributed by atoms with Gasteiger partial charge in [-0.05, 0) is 67.4 Å². The van der Waals surface area contributed by atoms with Crippen LogP contribution in [0.15, 0.2) is 83.4 Å². The second kappa shape index (κ2) is 12.2. The van der Waals surface area contributed by atoms with Crippen molar-refractivity contribution >= 4 is 45.5 Å². The molecule has 9 heteroatoms. The van der Waals surface area contributed by atoms with Crippen LogP contribution in [0.1, 0.15) is 29.2 Å². The monoisotopic (exact) mass is 585 g/mol. The van der Waals surface area contributed by atoms with Crippen LogP contribution in [0.3, 0.4) is 0 Å². The Morgan fingerprint density at radius 3 is 2.49 bits per heavy atom. The standard InChI is InChI=1S/C30H24BrN3O5/c1-3-7-20-14-19(16-26(38-4-2)27(20)39-18-22-9-6-5-8-21(22)17-32)15-25-28(35)33-30(37)34(29(25)36)24-12-10-23(31)11-13-24/h3,5-6,8-16H,1,4,7,18H2,2H3,(H,33,35,37)/b25-15+. The molecule has 8 nitrogen and oxygen atoms in total. The minimum atomic E-state index is -0.826. The number of nitrogens with zero attached hydrogens (tertiary/aromatic N) is 2. The molecule has 0 unspecified atom stereocenters. The summed E-state index contributed by atoms with van der Waals surface area (Å²) in [6, 6.07) is 18.5. The van der Waals surface area contributed by atoms with Gasteiger partial charge < -0.3 is 9.47 Å².